The molecule has 0 fully saturated rings. The van der Waals surface area contributed by atoms with E-state index in [1.165, 1.54) is 7.11 Å². The van der Waals surface area contributed by atoms with Crippen LogP contribution in [0.15, 0.2) is 18.2 Å². The Morgan fingerprint density at radius 1 is 1.44 bits per heavy atom. The summed E-state index contributed by atoms with van der Waals surface area (Å²) in [5, 5.41) is 0. The molecule has 0 aliphatic carbocycles. The highest BCUT2D eigenvalue weighted by Crippen LogP contribution is 2.18. The molecule has 0 aliphatic rings. The van der Waals surface area contributed by atoms with Crippen molar-refractivity contribution in [2.75, 3.05) is 13.7 Å². The maximum atomic E-state index is 11.2. The van der Waals surface area contributed by atoms with Crippen LogP contribution in [0.5, 0.6) is 5.75 Å². The summed E-state index contributed by atoms with van der Waals surface area (Å²) in [5.74, 6) is 0.181. The number of aldehydes is 1. The minimum absolute atomic E-state index is 0.184. The molecule has 1 rings (SSSR count). The van der Waals surface area contributed by atoms with Gasteiger partial charge in [-0.05, 0) is 24.6 Å². The first kappa shape index (κ1) is 12.2. The fraction of sp³-hybridized carbons (Fsp3) is 0.333. The summed E-state index contributed by atoms with van der Waals surface area (Å²) in [4.78, 5) is 21.9. The van der Waals surface area contributed by atoms with Crippen molar-refractivity contribution in [3.8, 4) is 5.75 Å². The van der Waals surface area contributed by atoms with E-state index in [-0.39, 0.29) is 12.4 Å². The molecule has 0 N–H and O–H groups in total. The van der Waals surface area contributed by atoms with Crippen LogP contribution >= 0.6 is 0 Å². The molecule has 0 heterocycles. The Balaban J connectivity index is 2.82. The van der Waals surface area contributed by atoms with Gasteiger partial charge in [0.05, 0.1) is 25.7 Å². The van der Waals surface area contributed by atoms with Crippen LogP contribution < -0.4 is 4.74 Å². The third kappa shape index (κ3) is 3.08. The Hall–Kier alpha value is -1.84. The summed E-state index contributed by atoms with van der Waals surface area (Å²) in [5.41, 5.74) is 1.23. The predicted molar refractivity (Wildman–Crippen MR) is 58.7 cm³/mol. The zero-order valence-electron chi connectivity index (χ0n) is 9.36. The topological polar surface area (TPSA) is 52.6 Å². The van der Waals surface area contributed by atoms with E-state index in [0.29, 0.717) is 24.2 Å². The molecule has 0 aliphatic heterocycles. The quantitative estimate of drug-likeness (QED) is 0.561. The molecule has 1 aromatic rings. The molecule has 0 bridgehead atoms. The fourth-order valence-electron chi connectivity index (χ4n) is 1.34. The summed E-state index contributed by atoms with van der Waals surface area (Å²) in [6.07, 6.45) is 0.899. The zero-order valence-corrected chi connectivity index (χ0v) is 9.36. The van der Waals surface area contributed by atoms with E-state index in [0.717, 1.165) is 5.56 Å². The first-order valence-corrected chi connectivity index (χ1v) is 4.99. The molecule has 1 aromatic carbocycles. The lowest BCUT2D eigenvalue weighted by Crippen LogP contribution is -2.07. The molecule has 4 heteroatoms. The minimum atomic E-state index is -0.289. The zero-order chi connectivity index (χ0) is 12.0. The maximum Gasteiger partial charge on any atom is 0.310 e. The smallest absolute Gasteiger partial charge is 0.310 e. The summed E-state index contributed by atoms with van der Waals surface area (Å²) in [6, 6.07) is 5.00. The standard InChI is InChI=1S/C12H14O4/c1-3-16-12(14)7-9-4-5-10(8-13)11(6-9)15-2/h4-6,8H,3,7H2,1-2H3. The van der Waals surface area contributed by atoms with Crippen LogP contribution in [0.3, 0.4) is 0 Å². The average Bonchev–Trinajstić information content (AvgIpc) is 2.29. The van der Waals surface area contributed by atoms with Gasteiger partial charge >= 0.3 is 5.97 Å². The number of methoxy groups -OCH3 is 1. The van der Waals surface area contributed by atoms with Crippen molar-refractivity contribution < 1.29 is 19.1 Å². The van der Waals surface area contributed by atoms with E-state index in [1.807, 2.05) is 0 Å². The van der Waals surface area contributed by atoms with E-state index in [1.54, 1.807) is 25.1 Å². The number of esters is 1. The lowest BCUT2D eigenvalue weighted by atomic mass is 10.1. The van der Waals surface area contributed by atoms with E-state index in [9.17, 15) is 9.59 Å². The third-order valence-electron chi connectivity index (χ3n) is 2.08. The number of hydrogen-bond acceptors (Lipinski definition) is 4. The number of hydrogen-bond donors (Lipinski definition) is 0. The largest absolute Gasteiger partial charge is 0.496 e. The monoisotopic (exact) mass is 222 g/mol. The molecule has 86 valence electrons. The SMILES string of the molecule is CCOC(=O)Cc1ccc(C=O)c(OC)c1. The molecule has 0 unspecified atom stereocenters. The van der Waals surface area contributed by atoms with Crippen LogP contribution in [0.2, 0.25) is 0 Å². The van der Waals surface area contributed by atoms with Gasteiger partial charge in [0, 0.05) is 0 Å². The summed E-state index contributed by atoms with van der Waals surface area (Å²) < 4.78 is 9.86. The summed E-state index contributed by atoms with van der Waals surface area (Å²) in [6.45, 7) is 2.12. The normalized spacial score (nSPS) is 9.62. The molecule has 0 atom stereocenters. The van der Waals surface area contributed by atoms with Gasteiger partial charge in [-0.1, -0.05) is 6.07 Å². The first-order chi connectivity index (χ1) is 7.71. The van der Waals surface area contributed by atoms with Crippen molar-refractivity contribution in [1.82, 2.24) is 0 Å². The van der Waals surface area contributed by atoms with Crippen LogP contribution in [0.4, 0.5) is 0 Å². The molecule has 0 aromatic heterocycles. The van der Waals surface area contributed by atoms with Gasteiger partial charge in [-0.25, -0.2) is 0 Å². The Morgan fingerprint density at radius 2 is 2.19 bits per heavy atom. The Morgan fingerprint density at radius 3 is 2.75 bits per heavy atom. The van der Waals surface area contributed by atoms with E-state index >= 15 is 0 Å². The van der Waals surface area contributed by atoms with Crippen molar-refractivity contribution in [2.45, 2.75) is 13.3 Å². The van der Waals surface area contributed by atoms with Gasteiger partial charge in [0.1, 0.15) is 5.75 Å². The predicted octanol–water partition coefficient (Wildman–Crippen LogP) is 1.61. The van der Waals surface area contributed by atoms with Crippen molar-refractivity contribution in [3.63, 3.8) is 0 Å². The van der Waals surface area contributed by atoms with Gasteiger partial charge in [0.2, 0.25) is 0 Å². The van der Waals surface area contributed by atoms with Crippen LogP contribution in [-0.4, -0.2) is 26.0 Å². The molecule has 0 spiro atoms. The first-order valence-electron chi connectivity index (χ1n) is 4.99. The highest BCUT2D eigenvalue weighted by molar-refractivity contribution is 5.80. The van der Waals surface area contributed by atoms with Crippen molar-refractivity contribution in [2.24, 2.45) is 0 Å². The lowest BCUT2D eigenvalue weighted by molar-refractivity contribution is -0.142. The number of carbonyl (C=O) groups is 2. The van der Waals surface area contributed by atoms with E-state index in [2.05, 4.69) is 0 Å². The fourth-order valence-corrected chi connectivity index (χ4v) is 1.34. The number of carbonyl (C=O) groups excluding carboxylic acids is 2. The number of ether oxygens (including phenoxy) is 2. The third-order valence-corrected chi connectivity index (χ3v) is 2.08. The van der Waals surface area contributed by atoms with Crippen LogP contribution in [0, 0.1) is 0 Å². The van der Waals surface area contributed by atoms with Gasteiger partial charge in [-0.15, -0.1) is 0 Å². The molecule has 0 amide bonds. The Labute approximate surface area is 94.2 Å². The van der Waals surface area contributed by atoms with Crippen LogP contribution in [0.25, 0.3) is 0 Å². The molecule has 16 heavy (non-hydrogen) atoms. The van der Waals surface area contributed by atoms with E-state index < -0.39 is 0 Å². The van der Waals surface area contributed by atoms with Gasteiger partial charge in [0.15, 0.2) is 6.29 Å². The minimum Gasteiger partial charge on any atom is -0.496 e. The second-order valence-electron chi connectivity index (χ2n) is 3.18. The van der Waals surface area contributed by atoms with Crippen LogP contribution in [0.1, 0.15) is 22.8 Å². The summed E-state index contributed by atoms with van der Waals surface area (Å²) >= 11 is 0. The lowest BCUT2D eigenvalue weighted by Gasteiger charge is -2.06. The van der Waals surface area contributed by atoms with Crippen LogP contribution in [-0.2, 0) is 16.0 Å². The second-order valence-corrected chi connectivity index (χ2v) is 3.18. The molecular weight excluding hydrogens is 208 g/mol. The van der Waals surface area contributed by atoms with Gasteiger partial charge in [-0.2, -0.15) is 0 Å². The molecular formula is C12H14O4. The Bertz CT molecular complexity index is 385. The van der Waals surface area contributed by atoms with Crippen molar-refractivity contribution >= 4 is 12.3 Å². The van der Waals surface area contributed by atoms with Crippen molar-refractivity contribution in [1.29, 1.82) is 0 Å². The maximum absolute atomic E-state index is 11.2. The molecule has 0 saturated heterocycles. The molecule has 4 nitrogen and oxygen atoms in total. The van der Waals surface area contributed by atoms with Gasteiger partial charge < -0.3 is 9.47 Å². The van der Waals surface area contributed by atoms with E-state index in [4.69, 9.17) is 9.47 Å². The summed E-state index contributed by atoms with van der Waals surface area (Å²) in [7, 11) is 1.48. The molecule has 0 radical (unpaired) electrons. The average molecular weight is 222 g/mol. The highest BCUT2D eigenvalue weighted by atomic mass is 16.5. The number of rotatable bonds is 5. The second kappa shape index (κ2) is 5.90. The van der Waals surface area contributed by atoms with Gasteiger partial charge in [0.25, 0.3) is 0 Å². The Kier molecular flexibility index (Phi) is 4.51. The number of benzene rings is 1. The van der Waals surface area contributed by atoms with Gasteiger partial charge in [-0.3, -0.25) is 9.59 Å². The molecule has 0 saturated carbocycles. The highest BCUT2D eigenvalue weighted by Gasteiger charge is 2.07. The van der Waals surface area contributed by atoms with Crippen molar-refractivity contribution in [3.05, 3.63) is 29.3 Å².